The third-order valence-corrected chi connectivity index (χ3v) is 3.75. The van der Waals surface area contributed by atoms with Crippen LogP contribution < -0.4 is 20.5 Å². The van der Waals surface area contributed by atoms with Gasteiger partial charge in [-0.2, -0.15) is 0 Å². The molecule has 0 unspecified atom stereocenters. The Hall–Kier alpha value is -2.97. The van der Waals surface area contributed by atoms with E-state index in [-0.39, 0.29) is 11.7 Å². The van der Waals surface area contributed by atoms with Crippen molar-refractivity contribution in [2.75, 3.05) is 11.9 Å². The highest BCUT2D eigenvalue weighted by molar-refractivity contribution is 5.92. The van der Waals surface area contributed by atoms with Gasteiger partial charge in [0.05, 0.1) is 13.2 Å². The summed E-state index contributed by atoms with van der Waals surface area (Å²) in [5.74, 6) is 1.07. The van der Waals surface area contributed by atoms with Crippen molar-refractivity contribution in [1.29, 1.82) is 0 Å². The number of rotatable bonds is 7. The fourth-order valence-corrected chi connectivity index (χ4v) is 2.18. The van der Waals surface area contributed by atoms with Crippen molar-refractivity contribution < 1.29 is 22.6 Å². The summed E-state index contributed by atoms with van der Waals surface area (Å²) in [7, 11) is 0. The number of benzene rings is 1. The number of halogens is 3. The molecule has 1 aliphatic carbocycles. The zero-order chi connectivity index (χ0) is 19.3. The number of aliphatic imine (C=N–C) groups is 1. The highest BCUT2D eigenvalue weighted by atomic mass is 19.4. The van der Waals surface area contributed by atoms with Crippen LogP contribution in [0.4, 0.5) is 18.9 Å². The summed E-state index contributed by atoms with van der Waals surface area (Å²) in [5, 5.41) is 2.80. The van der Waals surface area contributed by atoms with Gasteiger partial charge in [0.15, 0.2) is 5.96 Å². The first-order chi connectivity index (χ1) is 12.9. The molecule has 0 saturated heterocycles. The van der Waals surface area contributed by atoms with Gasteiger partial charge in [0.2, 0.25) is 5.88 Å². The molecular formula is C18H19F3N4O2. The molecule has 1 heterocycles. The molecule has 1 aromatic carbocycles. The molecule has 1 aromatic heterocycles. The number of nitrogens with one attached hydrogen (secondary N) is 1. The van der Waals surface area contributed by atoms with Crippen molar-refractivity contribution in [2.24, 2.45) is 16.6 Å². The van der Waals surface area contributed by atoms with E-state index in [9.17, 15) is 13.2 Å². The molecule has 1 saturated carbocycles. The molecule has 27 heavy (non-hydrogen) atoms. The van der Waals surface area contributed by atoms with Gasteiger partial charge < -0.3 is 20.5 Å². The van der Waals surface area contributed by atoms with Crippen LogP contribution in [0, 0.1) is 5.92 Å². The zero-order valence-corrected chi connectivity index (χ0v) is 14.4. The Morgan fingerprint density at radius 2 is 1.93 bits per heavy atom. The number of alkyl halides is 3. The minimum absolute atomic E-state index is 0.133. The fourth-order valence-electron chi connectivity index (χ4n) is 2.18. The van der Waals surface area contributed by atoms with Crippen LogP contribution in [-0.2, 0) is 6.54 Å². The van der Waals surface area contributed by atoms with Gasteiger partial charge >= 0.3 is 6.36 Å². The molecule has 144 valence electrons. The topological polar surface area (TPSA) is 81.8 Å². The van der Waals surface area contributed by atoms with E-state index in [0.29, 0.717) is 30.6 Å². The van der Waals surface area contributed by atoms with E-state index >= 15 is 0 Å². The summed E-state index contributed by atoms with van der Waals surface area (Å²) in [4.78, 5) is 8.40. The Morgan fingerprint density at radius 1 is 1.19 bits per heavy atom. The standard InChI is InChI=1S/C18H19F3N4O2/c19-18(20,21)27-15-6-4-14(5-7-15)25-17(22)24-10-13-3-8-16(23-9-13)26-11-12-1-2-12/h3-9,12H,1-2,10-11H2,(H3,22,24,25). The molecule has 3 rings (SSSR count). The largest absolute Gasteiger partial charge is 0.573 e. The quantitative estimate of drug-likeness (QED) is 0.565. The number of anilines is 1. The predicted octanol–water partition coefficient (Wildman–Crippen LogP) is 3.70. The summed E-state index contributed by atoms with van der Waals surface area (Å²) in [6.45, 7) is 1.01. The second kappa shape index (κ2) is 8.15. The van der Waals surface area contributed by atoms with Crippen LogP contribution in [0.5, 0.6) is 11.6 Å². The van der Waals surface area contributed by atoms with Crippen LogP contribution >= 0.6 is 0 Å². The van der Waals surface area contributed by atoms with Crippen LogP contribution in [-0.4, -0.2) is 23.9 Å². The lowest BCUT2D eigenvalue weighted by Crippen LogP contribution is -2.22. The molecule has 0 spiro atoms. The van der Waals surface area contributed by atoms with Gasteiger partial charge in [-0.05, 0) is 48.6 Å². The first-order valence-corrected chi connectivity index (χ1v) is 8.38. The van der Waals surface area contributed by atoms with E-state index in [4.69, 9.17) is 10.5 Å². The zero-order valence-electron chi connectivity index (χ0n) is 14.4. The van der Waals surface area contributed by atoms with Crippen LogP contribution in [0.15, 0.2) is 47.6 Å². The van der Waals surface area contributed by atoms with Crippen molar-refractivity contribution in [3.63, 3.8) is 0 Å². The average molecular weight is 380 g/mol. The highest BCUT2D eigenvalue weighted by Crippen LogP contribution is 2.29. The number of aromatic nitrogens is 1. The molecule has 1 fully saturated rings. The minimum Gasteiger partial charge on any atom is -0.477 e. The Morgan fingerprint density at radius 3 is 2.52 bits per heavy atom. The Labute approximate surface area is 154 Å². The van der Waals surface area contributed by atoms with E-state index in [1.807, 2.05) is 6.07 Å². The third-order valence-electron chi connectivity index (χ3n) is 3.75. The molecule has 2 aromatic rings. The number of guanidine groups is 1. The van der Waals surface area contributed by atoms with Crippen molar-refractivity contribution in [2.45, 2.75) is 25.7 Å². The van der Waals surface area contributed by atoms with Crippen LogP contribution in [0.1, 0.15) is 18.4 Å². The first-order valence-electron chi connectivity index (χ1n) is 8.38. The minimum atomic E-state index is -4.72. The molecule has 1 aliphatic rings. The van der Waals surface area contributed by atoms with E-state index in [2.05, 4.69) is 20.0 Å². The van der Waals surface area contributed by atoms with E-state index < -0.39 is 6.36 Å². The van der Waals surface area contributed by atoms with Crippen LogP contribution in [0.25, 0.3) is 0 Å². The number of nitrogens with zero attached hydrogens (tertiary/aromatic N) is 2. The van der Waals surface area contributed by atoms with E-state index in [1.54, 1.807) is 12.3 Å². The van der Waals surface area contributed by atoms with Gasteiger partial charge in [-0.25, -0.2) is 9.98 Å². The SMILES string of the molecule is NC(=NCc1ccc(OCC2CC2)nc1)Nc1ccc(OC(F)(F)F)cc1. The summed E-state index contributed by atoms with van der Waals surface area (Å²) in [5.41, 5.74) is 7.14. The molecule has 0 radical (unpaired) electrons. The first kappa shape index (κ1) is 18.8. The third kappa shape index (κ3) is 6.69. The second-order valence-corrected chi connectivity index (χ2v) is 6.16. The molecule has 0 bridgehead atoms. The average Bonchev–Trinajstić information content (AvgIpc) is 3.44. The Balaban J connectivity index is 1.48. The molecule has 6 nitrogen and oxygen atoms in total. The number of hydrogen-bond donors (Lipinski definition) is 2. The highest BCUT2D eigenvalue weighted by Gasteiger charge is 2.30. The molecule has 0 atom stereocenters. The van der Waals surface area contributed by atoms with Gasteiger partial charge in [-0.1, -0.05) is 6.07 Å². The monoisotopic (exact) mass is 380 g/mol. The maximum atomic E-state index is 12.1. The number of pyridine rings is 1. The summed E-state index contributed by atoms with van der Waals surface area (Å²) in [6, 6.07) is 8.85. The fraction of sp³-hybridized carbons (Fsp3) is 0.333. The summed E-state index contributed by atoms with van der Waals surface area (Å²) >= 11 is 0. The molecular weight excluding hydrogens is 361 g/mol. The number of nitrogens with two attached hydrogens (primary N) is 1. The molecule has 9 heteroatoms. The van der Waals surface area contributed by atoms with Crippen molar-refractivity contribution >= 4 is 11.6 Å². The summed E-state index contributed by atoms with van der Waals surface area (Å²) < 4.78 is 45.8. The van der Waals surface area contributed by atoms with Gasteiger partial charge in [0, 0.05) is 18.0 Å². The van der Waals surface area contributed by atoms with Gasteiger partial charge in [0.1, 0.15) is 5.75 Å². The normalized spacial score (nSPS) is 14.7. The lowest BCUT2D eigenvalue weighted by atomic mass is 10.3. The van der Waals surface area contributed by atoms with Crippen LogP contribution in [0.2, 0.25) is 0 Å². The predicted molar refractivity (Wildman–Crippen MR) is 94.5 cm³/mol. The van der Waals surface area contributed by atoms with Crippen LogP contribution in [0.3, 0.4) is 0 Å². The molecule has 0 aliphatic heterocycles. The Kier molecular flexibility index (Phi) is 5.68. The lowest BCUT2D eigenvalue weighted by molar-refractivity contribution is -0.274. The van der Waals surface area contributed by atoms with E-state index in [1.165, 1.54) is 37.1 Å². The van der Waals surface area contributed by atoms with Crippen molar-refractivity contribution in [1.82, 2.24) is 4.98 Å². The second-order valence-electron chi connectivity index (χ2n) is 6.16. The van der Waals surface area contributed by atoms with Gasteiger partial charge in [-0.15, -0.1) is 13.2 Å². The van der Waals surface area contributed by atoms with Gasteiger partial charge in [-0.3, -0.25) is 0 Å². The van der Waals surface area contributed by atoms with E-state index in [0.717, 1.165) is 5.56 Å². The number of ether oxygens (including phenoxy) is 2. The number of hydrogen-bond acceptors (Lipinski definition) is 4. The molecule has 3 N–H and O–H groups in total. The van der Waals surface area contributed by atoms with Crippen molar-refractivity contribution in [3.05, 3.63) is 48.2 Å². The molecule has 0 amide bonds. The smallest absolute Gasteiger partial charge is 0.477 e. The van der Waals surface area contributed by atoms with Gasteiger partial charge in [0.25, 0.3) is 0 Å². The summed E-state index contributed by atoms with van der Waals surface area (Å²) in [6.07, 6.45) is -0.613. The van der Waals surface area contributed by atoms with Crippen molar-refractivity contribution in [3.8, 4) is 11.6 Å². The maximum Gasteiger partial charge on any atom is 0.573 e. The Bertz CT molecular complexity index is 773. The lowest BCUT2D eigenvalue weighted by Gasteiger charge is -2.10. The maximum absolute atomic E-state index is 12.1.